The highest BCUT2D eigenvalue weighted by atomic mass is 32.1. The van der Waals surface area contributed by atoms with Crippen molar-refractivity contribution < 1.29 is 4.79 Å². The van der Waals surface area contributed by atoms with Crippen LogP contribution in [0.2, 0.25) is 0 Å². The molecule has 1 amide bonds. The minimum atomic E-state index is -0.146. The smallest absolute Gasteiger partial charge is 0.262 e. The predicted octanol–water partition coefficient (Wildman–Crippen LogP) is 4.23. The Morgan fingerprint density at radius 2 is 1.96 bits per heavy atom. The van der Waals surface area contributed by atoms with Gasteiger partial charge in [-0.1, -0.05) is 0 Å². The molecule has 0 bridgehead atoms. The van der Waals surface area contributed by atoms with E-state index in [1.807, 2.05) is 43.5 Å². The summed E-state index contributed by atoms with van der Waals surface area (Å²) < 4.78 is 1.51. The van der Waals surface area contributed by atoms with Crippen molar-refractivity contribution in [1.82, 2.24) is 14.5 Å². The van der Waals surface area contributed by atoms with Crippen LogP contribution in [0.25, 0.3) is 20.8 Å². The van der Waals surface area contributed by atoms with Crippen LogP contribution in [0.1, 0.15) is 16.9 Å². The summed E-state index contributed by atoms with van der Waals surface area (Å²) in [5.41, 5.74) is 2.61. The molecule has 0 saturated carbocycles. The van der Waals surface area contributed by atoms with Gasteiger partial charge in [-0.3, -0.25) is 14.2 Å². The van der Waals surface area contributed by atoms with Crippen molar-refractivity contribution in [3.05, 3.63) is 63.0 Å². The van der Waals surface area contributed by atoms with Crippen molar-refractivity contribution in [3.8, 4) is 10.6 Å². The molecule has 0 fully saturated rings. The maximum Gasteiger partial charge on any atom is 0.262 e. The van der Waals surface area contributed by atoms with E-state index in [2.05, 4.69) is 15.3 Å². The quantitative estimate of drug-likeness (QED) is 0.534. The highest BCUT2D eigenvalue weighted by Crippen LogP contribution is 2.25. The molecule has 142 valence electrons. The Labute approximate surface area is 169 Å². The first-order valence-electron chi connectivity index (χ1n) is 8.78. The molecule has 1 N–H and O–H groups in total. The Balaban J connectivity index is 1.42. The number of carbonyl (C=O) groups excluding carboxylic acids is 1. The zero-order chi connectivity index (χ0) is 19.7. The number of fused-ring (bicyclic) bond motifs is 1. The van der Waals surface area contributed by atoms with Crippen molar-refractivity contribution in [3.63, 3.8) is 0 Å². The Kier molecular flexibility index (Phi) is 5.06. The number of nitrogens with zero attached hydrogens (tertiary/aromatic N) is 3. The zero-order valence-corrected chi connectivity index (χ0v) is 17.1. The van der Waals surface area contributed by atoms with Gasteiger partial charge in [0, 0.05) is 40.7 Å². The molecule has 0 aliphatic heterocycles. The summed E-state index contributed by atoms with van der Waals surface area (Å²) in [6, 6.07) is 7.56. The average Bonchev–Trinajstić information content (AvgIpc) is 3.31. The van der Waals surface area contributed by atoms with Crippen LogP contribution in [0.4, 0.5) is 5.69 Å². The van der Waals surface area contributed by atoms with Crippen LogP contribution in [-0.2, 0) is 11.3 Å². The summed E-state index contributed by atoms with van der Waals surface area (Å²) in [4.78, 5) is 35.4. The summed E-state index contributed by atoms with van der Waals surface area (Å²) in [6.07, 6.45) is 3.49. The lowest BCUT2D eigenvalue weighted by Gasteiger charge is -2.08. The topological polar surface area (TPSA) is 76.9 Å². The monoisotopic (exact) mass is 410 g/mol. The third-order valence-electron chi connectivity index (χ3n) is 4.58. The van der Waals surface area contributed by atoms with Crippen molar-refractivity contribution in [2.24, 2.45) is 0 Å². The molecule has 8 heteroatoms. The van der Waals surface area contributed by atoms with E-state index < -0.39 is 0 Å². The fourth-order valence-corrected chi connectivity index (χ4v) is 4.57. The lowest BCUT2D eigenvalue weighted by Crippen LogP contribution is -2.23. The van der Waals surface area contributed by atoms with E-state index >= 15 is 0 Å². The third-order valence-corrected chi connectivity index (χ3v) is 6.52. The molecule has 0 spiro atoms. The molecule has 1 aromatic carbocycles. The summed E-state index contributed by atoms with van der Waals surface area (Å²) in [5, 5.41) is 6.40. The average molecular weight is 411 g/mol. The molecule has 4 aromatic rings. The number of carbonyl (C=O) groups is 1. The molecular formula is C20H18N4O2S2. The van der Waals surface area contributed by atoms with E-state index in [1.54, 1.807) is 17.5 Å². The number of rotatable bonds is 5. The molecule has 4 rings (SSSR count). The SMILES string of the molecule is Cc1sc2ncn(CCC(=O)Nc3ccc(-c4nccs4)cc3)c(=O)c2c1C. The molecule has 0 atom stereocenters. The van der Waals surface area contributed by atoms with Crippen molar-refractivity contribution in [2.45, 2.75) is 26.8 Å². The number of thiazole rings is 1. The maximum atomic E-state index is 12.7. The van der Waals surface area contributed by atoms with Gasteiger partial charge in [-0.25, -0.2) is 9.97 Å². The van der Waals surface area contributed by atoms with E-state index in [9.17, 15) is 9.59 Å². The van der Waals surface area contributed by atoms with Gasteiger partial charge in [-0.2, -0.15) is 0 Å². The number of nitrogens with one attached hydrogen (secondary N) is 1. The van der Waals surface area contributed by atoms with Crippen LogP contribution in [-0.4, -0.2) is 20.4 Å². The lowest BCUT2D eigenvalue weighted by molar-refractivity contribution is -0.116. The van der Waals surface area contributed by atoms with Gasteiger partial charge in [-0.05, 0) is 43.7 Å². The molecule has 0 aliphatic carbocycles. The van der Waals surface area contributed by atoms with E-state index in [0.717, 1.165) is 31.5 Å². The molecule has 0 saturated heterocycles. The van der Waals surface area contributed by atoms with E-state index in [4.69, 9.17) is 0 Å². The van der Waals surface area contributed by atoms with E-state index in [-0.39, 0.29) is 17.9 Å². The zero-order valence-electron chi connectivity index (χ0n) is 15.4. The molecule has 3 heterocycles. The number of benzene rings is 1. The fraction of sp³-hybridized carbons (Fsp3) is 0.200. The molecule has 0 aliphatic rings. The Morgan fingerprint density at radius 1 is 1.18 bits per heavy atom. The number of hydrogen-bond donors (Lipinski definition) is 1. The first-order chi connectivity index (χ1) is 13.5. The predicted molar refractivity (Wildman–Crippen MR) is 114 cm³/mol. The Morgan fingerprint density at radius 3 is 2.68 bits per heavy atom. The second kappa shape index (κ2) is 7.65. The normalized spacial score (nSPS) is 11.1. The van der Waals surface area contributed by atoms with Gasteiger partial charge in [0.25, 0.3) is 5.56 Å². The highest BCUT2D eigenvalue weighted by molar-refractivity contribution is 7.18. The van der Waals surface area contributed by atoms with Crippen LogP contribution < -0.4 is 10.9 Å². The number of anilines is 1. The van der Waals surface area contributed by atoms with Gasteiger partial charge in [0.1, 0.15) is 9.84 Å². The number of aryl methyl sites for hydroxylation is 3. The molecule has 3 aromatic heterocycles. The molecular weight excluding hydrogens is 392 g/mol. The molecule has 0 unspecified atom stereocenters. The van der Waals surface area contributed by atoms with Crippen molar-refractivity contribution in [2.75, 3.05) is 5.32 Å². The largest absolute Gasteiger partial charge is 0.326 e. The van der Waals surface area contributed by atoms with Crippen LogP contribution in [0.5, 0.6) is 0 Å². The molecule has 28 heavy (non-hydrogen) atoms. The van der Waals surface area contributed by atoms with Gasteiger partial charge >= 0.3 is 0 Å². The first-order valence-corrected chi connectivity index (χ1v) is 10.5. The van der Waals surface area contributed by atoms with E-state index in [0.29, 0.717) is 11.9 Å². The first kappa shape index (κ1) is 18.5. The summed E-state index contributed by atoms with van der Waals surface area (Å²) >= 11 is 3.09. The van der Waals surface area contributed by atoms with Gasteiger partial charge in [0.05, 0.1) is 11.7 Å². The third kappa shape index (κ3) is 3.61. The standard InChI is InChI=1S/C20H18N4O2S2/c1-12-13(2)28-19-17(12)20(26)24(11-22-19)9-7-16(25)23-15-5-3-14(4-6-15)18-21-8-10-27-18/h3-6,8,10-11H,7,9H2,1-2H3,(H,23,25). The van der Waals surface area contributed by atoms with E-state index in [1.165, 1.54) is 22.2 Å². The van der Waals surface area contributed by atoms with Crippen LogP contribution in [0.15, 0.2) is 47.0 Å². The van der Waals surface area contributed by atoms with Gasteiger partial charge in [-0.15, -0.1) is 22.7 Å². The number of aromatic nitrogens is 3. The highest BCUT2D eigenvalue weighted by Gasteiger charge is 2.13. The minimum absolute atomic E-state index is 0.0903. The molecule has 0 radical (unpaired) electrons. The Hall–Kier alpha value is -2.84. The van der Waals surface area contributed by atoms with Crippen molar-refractivity contribution >= 4 is 44.5 Å². The summed E-state index contributed by atoms with van der Waals surface area (Å²) in [7, 11) is 0. The minimum Gasteiger partial charge on any atom is -0.326 e. The summed E-state index contributed by atoms with van der Waals surface area (Å²) in [6.45, 7) is 4.21. The van der Waals surface area contributed by atoms with Gasteiger partial charge in [0.2, 0.25) is 5.91 Å². The number of thiophene rings is 1. The lowest BCUT2D eigenvalue weighted by atomic mass is 10.2. The second-order valence-electron chi connectivity index (χ2n) is 6.42. The van der Waals surface area contributed by atoms with Gasteiger partial charge in [0.15, 0.2) is 0 Å². The maximum absolute atomic E-state index is 12.7. The van der Waals surface area contributed by atoms with Crippen LogP contribution in [0.3, 0.4) is 0 Å². The van der Waals surface area contributed by atoms with Crippen LogP contribution in [0, 0.1) is 13.8 Å². The van der Waals surface area contributed by atoms with Crippen molar-refractivity contribution in [1.29, 1.82) is 0 Å². The number of hydrogen-bond acceptors (Lipinski definition) is 6. The van der Waals surface area contributed by atoms with Crippen LogP contribution >= 0.6 is 22.7 Å². The molecule has 6 nitrogen and oxygen atoms in total. The fourth-order valence-electron chi connectivity index (χ4n) is 2.94. The Bertz CT molecular complexity index is 1190. The van der Waals surface area contributed by atoms with Gasteiger partial charge < -0.3 is 5.32 Å². The second-order valence-corrected chi connectivity index (χ2v) is 8.52. The summed E-state index contributed by atoms with van der Waals surface area (Å²) in [5.74, 6) is -0.146. The number of amides is 1.